The fraction of sp³-hybridized carbons (Fsp3) is 0.286. The van der Waals surface area contributed by atoms with Crippen LogP contribution in [-0.4, -0.2) is 48.6 Å². The van der Waals surface area contributed by atoms with E-state index in [1.165, 1.54) is 0 Å². The standard InChI is InChI=1S/C21H22N6O/c1-26-10-5-9-19(26)17-12-18(25-24-17)21(28)27-11-4-6-14(13-27)20-22-15-7-2-3-8-16(15)23-20/h2-3,5,7-10,12,14H,4,6,11,13H2,1H3,(H,22,23)(H,24,25). The number of amides is 1. The third-order valence-corrected chi connectivity index (χ3v) is 5.52. The Morgan fingerprint density at radius 1 is 1.21 bits per heavy atom. The van der Waals surface area contributed by atoms with Gasteiger partial charge in [0.25, 0.3) is 5.91 Å². The minimum absolute atomic E-state index is 0.00577. The highest BCUT2D eigenvalue weighted by Crippen LogP contribution is 2.28. The van der Waals surface area contributed by atoms with E-state index in [0.717, 1.165) is 47.6 Å². The molecule has 1 amide bonds. The molecule has 0 spiro atoms. The van der Waals surface area contributed by atoms with Gasteiger partial charge in [-0.15, -0.1) is 0 Å². The summed E-state index contributed by atoms with van der Waals surface area (Å²) in [5, 5.41) is 7.25. The van der Waals surface area contributed by atoms with E-state index in [1.54, 1.807) is 0 Å². The molecule has 2 N–H and O–H groups in total. The Bertz CT molecular complexity index is 1100. The quantitative estimate of drug-likeness (QED) is 0.577. The number of H-pyrrole nitrogens is 2. The Labute approximate surface area is 162 Å². The first-order chi connectivity index (χ1) is 13.7. The Morgan fingerprint density at radius 2 is 2.11 bits per heavy atom. The molecular weight excluding hydrogens is 352 g/mol. The fourth-order valence-corrected chi connectivity index (χ4v) is 4.01. The van der Waals surface area contributed by atoms with E-state index in [-0.39, 0.29) is 11.8 Å². The van der Waals surface area contributed by atoms with Gasteiger partial charge in [-0.25, -0.2) is 4.98 Å². The molecule has 1 atom stereocenters. The van der Waals surface area contributed by atoms with Crippen molar-refractivity contribution in [3.05, 3.63) is 60.2 Å². The van der Waals surface area contributed by atoms with Crippen LogP contribution in [0.5, 0.6) is 0 Å². The van der Waals surface area contributed by atoms with Gasteiger partial charge in [0.05, 0.1) is 16.7 Å². The van der Waals surface area contributed by atoms with Crippen LogP contribution in [0.1, 0.15) is 35.1 Å². The zero-order chi connectivity index (χ0) is 19.1. The highest BCUT2D eigenvalue weighted by Gasteiger charge is 2.28. The third-order valence-electron chi connectivity index (χ3n) is 5.52. The number of likely N-dealkylation sites (tertiary alicyclic amines) is 1. The lowest BCUT2D eigenvalue weighted by molar-refractivity contribution is 0.0699. The monoisotopic (exact) mass is 374 g/mol. The van der Waals surface area contributed by atoms with Crippen LogP contribution in [0.2, 0.25) is 0 Å². The van der Waals surface area contributed by atoms with E-state index in [1.807, 2.05) is 65.2 Å². The third kappa shape index (κ3) is 2.89. The number of nitrogens with zero attached hydrogens (tertiary/aromatic N) is 4. The van der Waals surface area contributed by atoms with Crippen LogP contribution in [0.15, 0.2) is 48.7 Å². The number of para-hydroxylation sites is 2. The molecule has 7 nitrogen and oxygen atoms in total. The lowest BCUT2D eigenvalue weighted by Gasteiger charge is -2.31. The summed E-state index contributed by atoms with van der Waals surface area (Å²) >= 11 is 0. The van der Waals surface area contributed by atoms with Crippen molar-refractivity contribution in [2.45, 2.75) is 18.8 Å². The van der Waals surface area contributed by atoms with Gasteiger partial charge in [-0.3, -0.25) is 9.89 Å². The second-order valence-corrected chi connectivity index (χ2v) is 7.40. The molecule has 1 aliphatic rings. The summed E-state index contributed by atoms with van der Waals surface area (Å²) in [7, 11) is 1.97. The van der Waals surface area contributed by atoms with E-state index < -0.39 is 0 Å². The molecule has 1 aliphatic heterocycles. The Morgan fingerprint density at radius 3 is 2.93 bits per heavy atom. The van der Waals surface area contributed by atoms with Crippen LogP contribution in [0.4, 0.5) is 0 Å². The van der Waals surface area contributed by atoms with Gasteiger partial charge in [-0.1, -0.05) is 12.1 Å². The number of carbonyl (C=O) groups is 1. The summed E-state index contributed by atoms with van der Waals surface area (Å²) < 4.78 is 1.99. The second-order valence-electron chi connectivity index (χ2n) is 7.40. The Balaban J connectivity index is 1.35. The van der Waals surface area contributed by atoms with Gasteiger partial charge in [0.2, 0.25) is 0 Å². The van der Waals surface area contributed by atoms with Crippen molar-refractivity contribution in [2.24, 2.45) is 7.05 Å². The number of benzene rings is 1. The molecule has 0 saturated carbocycles. The number of imidazole rings is 1. The minimum atomic E-state index is -0.00577. The van der Waals surface area contributed by atoms with Gasteiger partial charge in [-0.2, -0.15) is 5.10 Å². The number of aryl methyl sites for hydroxylation is 1. The maximum Gasteiger partial charge on any atom is 0.271 e. The lowest BCUT2D eigenvalue weighted by Crippen LogP contribution is -2.39. The van der Waals surface area contributed by atoms with Crippen LogP contribution >= 0.6 is 0 Å². The van der Waals surface area contributed by atoms with Gasteiger partial charge < -0.3 is 14.5 Å². The van der Waals surface area contributed by atoms with E-state index in [0.29, 0.717) is 12.2 Å². The van der Waals surface area contributed by atoms with E-state index in [2.05, 4.69) is 15.2 Å². The largest absolute Gasteiger partial charge is 0.349 e. The number of fused-ring (bicyclic) bond motifs is 1. The fourth-order valence-electron chi connectivity index (χ4n) is 4.01. The summed E-state index contributed by atoms with van der Waals surface area (Å²) in [4.78, 5) is 23.1. The molecule has 4 heterocycles. The van der Waals surface area contributed by atoms with Crippen molar-refractivity contribution in [3.63, 3.8) is 0 Å². The van der Waals surface area contributed by atoms with Gasteiger partial charge >= 0.3 is 0 Å². The number of rotatable bonds is 3. The second kappa shape index (κ2) is 6.67. The van der Waals surface area contributed by atoms with Crippen LogP contribution < -0.4 is 0 Å². The maximum absolute atomic E-state index is 13.0. The average molecular weight is 374 g/mol. The predicted molar refractivity (Wildman–Crippen MR) is 107 cm³/mol. The highest BCUT2D eigenvalue weighted by atomic mass is 16.2. The summed E-state index contributed by atoms with van der Waals surface area (Å²) in [5.74, 6) is 1.18. The zero-order valence-corrected chi connectivity index (χ0v) is 15.7. The summed E-state index contributed by atoms with van der Waals surface area (Å²) in [5.41, 5.74) is 4.31. The molecule has 7 heteroatoms. The van der Waals surface area contributed by atoms with E-state index in [9.17, 15) is 4.79 Å². The van der Waals surface area contributed by atoms with E-state index in [4.69, 9.17) is 4.98 Å². The lowest BCUT2D eigenvalue weighted by atomic mass is 9.97. The predicted octanol–water partition coefficient (Wildman–Crippen LogP) is 3.31. The van der Waals surface area contributed by atoms with Gasteiger partial charge in [-0.05, 0) is 43.2 Å². The minimum Gasteiger partial charge on any atom is -0.349 e. The molecule has 0 aliphatic carbocycles. The van der Waals surface area contributed by atoms with Crippen LogP contribution in [0.3, 0.4) is 0 Å². The number of piperidine rings is 1. The molecule has 28 heavy (non-hydrogen) atoms. The van der Waals surface area contributed by atoms with Crippen molar-refractivity contribution >= 4 is 16.9 Å². The van der Waals surface area contributed by atoms with Crippen molar-refractivity contribution in [2.75, 3.05) is 13.1 Å². The molecule has 142 valence electrons. The molecule has 5 rings (SSSR count). The van der Waals surface area contributed by atoms with Crippen molar-refractivity contribution in [3.8, 4) is 11.4 Å². The van der Waals surface area contributed by atoms with E-state index >= 15 is 0 Å². The van der Waals surface area contributed by atoms with Gasteiger partial charge in [0.1, 0.15) is 17.2 Å². The topological polar surface area (TPSA) is 82.6 Å². The number of hydrogen-bond donors (Lipinski definition) is 2. The smallest absolute Gasteiger partial charge is 0.271 e. The summed E-state index contributed by atoms with van der Waals surface area (Å²) in [6.07, 6.45) is 3.96. The molecule has 4 aromatic rings. The average Bonchev–Trinajstić information content (AvgIpc) is 3.46. The maximum atomic E-state index is 13.0. The highest BCUT2D eigenvalue weighted by molar-refractivity contribution is 5.93. The first kappa shape index (κ1) is 16.8. The summed E-state index contributed by atoms with van der Waals surface area (Å²) in [6, 6.07) is 13.8. The Kier molecular flexibility index (Phi) is 4.00. The number of aromatic amines is 2. The first-order valence-corrected chi connectivity index (χ1v) is 9.60. The molecule has 0 radical (unpaired) electrons. The molecule has 1 saturated heterocycles. The van der Waals surface area contributed by atoms with Crippen molar-refractivity contribution in [1.29, 1.82) is 0 Å². The summed E-state index contributed by atoms with van der Waals surface area (Å²) in [6.45, 7) is 1.42. The number of aromatic nitrogens is 5. The number of carbonyl (C=O) groups excluding carboxylic acids is 1. The zero-order valence-electron chi connectivity index (χ0n) is 15.7. The Hall–Kier alpha value is -3.35. The van der Waals surface area contributed by atoms with Crippen molar-refractivity contribution < 1.29 is 4.79 Å². The van der Waals surface area contributed by atoms with Crippen LogP contribution in [-0.2, 0) is 7.05 Å². The SMILES string of the molecule is Cn1cccc1-c1cc(C(=O)N2CCCC(c3nc4ccccc4[nH]3)C2)[nH]n1. The van der Waals surface area contributed by atoms with Crippen LogP contribution in [0, 0.1) is 0 Å². The van der Waals surface area contributed by atoms with Crippen LogP contribution in [0.25, 0.3) is 22.4 Å². The molecule has 3 aromatic heterocycles. The van der Waals surface area contributed by atoms with Gasteiger partial charge in [0.15, 0.2) is 0 Å². The van der Waals surface area contributed by atoms with Crippen molar-refractivity contribution in [1.82, 2.24) is 29.6 Å². The molecule has 1 aromatic carbocycles. The number of nitrogens with one attached hydrogen (secondary N) is 2. The molecule has 0 bridgehead atoms. The molecule has 1 unspecified atom stereocenters. The van der Waals surface area contributed by atoms with Gasteiger partial charge in [0, 0.05) is 32.3 Å². The molecular formula is C21H22N6O. The first-order valence-electron chi connectivity index (χ1n) is 9.60. The number of hydrogen-bond acceptors (Lipinski definition) is 3. The normalized spacial score (nSPS) is 17.3. The molecule has 1 fully saturated rings.